The molecule has 504 valence electrons. The van der Waals surface area contributed by atoms with Crippen LogP contribution in [0.2, 0.25) is 10.3 Å². The second-order valence-electron chi connectivity index (χ2n) is 24.8. The van der Waals surface area contributed by atoms with Gasteiger partial charge in [0.1, 0.15) is 66.4 Å². The highest BCUT2D eigenvalue weighted by molar-refractivity contribution is 6.29. The number of nitrogens with zero attached hydrogens (tertiary/aromatic N) is 17. The highest BCUT2D eigenvalue weighted by atomic mass is 35.5. The number of methoxy groups -OCH3 is 1. The molecule has 1 aliphatic rings. The summed E-state index contributed by atoms with van der Waals surface area (Å²) < 4.78 is 4.95. The van der Waals surface area contributed by atoms with Crippen molar-refractivity contribution in [1.29, 1.82) is 5.26 Å². The van der Waals surface area contributed by atoms with Gasteiger partial charge < -0.3 is 4.74 Å². The lowest BCUT2D eigenvalue weighted by atomic mass is 10.1. The van der Waals surface area contributed by atoms with Crippen LogP contribution in [0.25, 0.3) is 0 Å². The first-order valence-corrected chi connectivity index (χ1v) is 33.1. The topological polar surface area (TPSA) is 239 Å². The Balaban J connectivity index is 0.000000360. The molecule has 9 aromatic heterocycles. The molecule has 1 saturated carbocycles. The Morgan fingerprint density at radius 3 is 1.18 bits per heavy atom. The first kappa shape index (κ1) is 81.8. The molecular formula is C74H103Cl2N17O. The van der Waals surface area contributed by atoms with E-state index in [9.17, 15) is 0 Å². The quantitative estimate of drug-likeness (QED) is 0.0816. The van der Waals surface area contributed by atoms with Crippen LogP contribution in [0.5, 0.6) is 5.88 Å². The lowest BCUT2D eigenvalue weighted by molar-refractivity contribution is 0.395. The Morgan fingerprint density at radius 2 is 0.809 bits per heavy atom. The lowest BCUT2D eigenvalue weighted by Gasteiger charge is -2.04. The molecule has 9 heterocycles. The molecule has 0 bridgehead atoms. The van der Waals surface area contributed by atoms with E-state index in [4.69, 9.17) is 33.2 Å². The summed E-state index contributed by atoms with van der Waals surface area (Å²) in [4.78, 5) is 65.0. The minimum Gasteiger partial charge on any atom is -0.481 e. The van der Waals surface area contributed by atoms with E-state index in [0.29, 0.717) is 75.1 Å². The molecule has 0 N–H and O–H groups in total. The first-order valence-electron chi connectivity index (χ1n) is 32.4. The molecule has 0 amide bonds. The number of hydrogen-bond donors (Lipinski definition) is 0. The maximum absolute atomic E-state index is 8.50. The van der Waals surface area contributed by atoms with Crippen LogP contribution in [0.15, 0.2) is 129 Å². The summed E-state index contributed by atoms with van der Waals surface area (Å²) in [6.45, 7) is 44.0. The Labute approximate surface area is 572 Å². The summed E-state index contributed by atoms with van der Waals surface area (Å²) in [7, 11) is 1.60. The van der Waals surface area contributed by atoms with Crippen LogP contribution < -0.4 is 4.74 Å². The first-order chi connectivity index (χ1) is 44.6. The molecule has 1 aliphatic carbocycles. The smallest absolute Gasteiger partial charge is 0.216 e. The number of halogens is 2. The molecule has 1 fully saturated rings. The SMILES string of the molecule is CC(C)c1cc(C#N)ncn1.CC(C)c1cc(C2CC2)ncn1.CC(C)c1cc(Cl)ncn1.CC(C)c1cccc(Cl)n1.CC(C)c1ccccn1.CCc1cc(C(C)C)ncn1.COc1cc(C(C)C)ncn1.Cc1cc(C(C)C)ncn1.Cc1cc(C(C)C)ncn1. The highest BCUT2D eigenvalue weighted by Crippen LogP contribution is 2.39. The second kappa shape index (κ2) is 45.1. The van der Waals surface area contributed by atoms with Gasteiger partial charge in [0.25, 0.3) is 0 Å². The number of nitriles is 1. The van der Waals surface area contributed by atoms with Crippen LogP contribution in [0.3, 0.4) is 0 Å². The number of hydrogen-bond acceptors (Lipinski definition) is 18. The molecule has 0 aliphatic heterocycles. The third kappa shape index (κ3) is 34.6. The summed E-state index contributed by atoms with van der Waals surface area (Å²) in [6.07, 6.45) is 16.5. The van der Waals surface area contributed by atoms with Gasteiger partial charge in [0.05, 0.1) is 12.8 Å². The van der Waals surface area contributed by atoms with Crippen molar-refractivity contribution in [3.05, 3.63) is 219 Å². The Hall–Kier alpha value is -8.27. The van der Waals surface area contributed by atoms with Crippen LogP contribution in [0.4, 0.5) is 0 Å². The Bertz CT molecular complexity index is 3290. The van der Waals surface area contributed by atoms with Crippen molar-refractivity contribution in [1.82, 2.24) is 79.7 Å². The van der Waals surface area contributed by atoms with Crippen LogP contribution in [0, 0.1) is 25.2 Å². The third-order valence-electron chi connectivity index (χ3n) is 13.5. The zero-order chi connectivity index (χ0) is 70.3. The van der Waals surface area contributed by atoms with Gasteiger partial charge in [-0.25, -0.2) is 74.8 Å². The number of rotatable bonds is 12. The molecule has 0 aromatic carbocycles. The van der Waals surface area contributed by atoms with Crippen molar-refractivity contribution in [3.8, 4) is 11.9 Å². The van der Waals surface area contributed by atoms with E-state index in [-0.39, 0.29) is 0 Å². The van der Waals surface area contributed by atoms with Gasteiger partial charge in [-0.05, 0) is 147 Å². The molecule has 18 nitrogen and oxygen atoms in total. The third-order valence-corrected chi connectivity index (χ3v) is 14.0. The van der Waals surface area contributed by atoms with E-state index in [2.05, 4.69) is 210 Å². The highest BCUT2D eigenvalue weighted by Gasteiger charge is 2.25. The zero-order valence-corrected chi connectivity index (χ0v) is 61.3. The molecule has 94 heavy (non-hydrogen) atoms. The van der Waals surface area contributed by atoms with Crippen molar-refractivity contribution in [3.63, 3.8) is 0 Å². The van der Waals surface area contributed by atoms with Gasteiger partial charge in [-0.15, -0.1) is 0 Å². The standard InChI is InChI=1S/C10H14N2.C9H14N2.C8H10ClN.C8H9N3.C8H12N2O.2C8H12N2.C8H11N.C7H9ClN2/c1-7(2)9-5-10(8-3-4-8)12-6-11-9;1-4-8-5-9(7(2)3)11-6-10-8;1-6(2)7-4-3-5-8(9)10-7;1-6(2)8-3-7(4-9)10-5-11-8;1-6(2)7-4-8(11-3)10-5-9-7;2*1-6(2)8-4-7(3)9-5-10-8;1-7(2)8-5-3-4-6-9-8;1-5(2)6-3-7(8)10-4-9-6/h5-8H,3-4H2,1-2H3;5-7H,4H2,1-3H3;3-6H,1-2H3;3,5-6H,1-2H3;4-6H,1-3H3;2*4-6H,1-3H3;3-7H,1-2H3;3-5H,1-2H3. The maximum Gasteiger partial charge on any atom is 0.216 e. The maximum atomic E-state index is 8.50. The minimum atomic E-state index is 0.352. The summed E-state index contributed by atoms with van der Waals surface area (Å²) in [5, 5.41) is 9.59. The van der Waals surface area contributed by atoms with E-state index >= 15 is 0 Å². The van der Waals surface area contributed by atoms with Crippen molar-refractivity contribution in [2.45, 2.75) is 224 Å². The van der Waals surface area contributed by atoms with Crippen molar-refractivity contribution in [2.75, 3.05) is 7.11 Å². The Morgan fingerprint density at radius 1 is 0.404 bits per heavy atom. The summed E-state index contributed by atoms with van der Waals surface area (Å²) in [6, 6.07) is 27.3. The normalized spacial score (nSPS) is 11.1. The van der Waals surface area contributed by atoms with Gasteiger partial charge >= 0.3 is 0 Å². The van der Waals surface area contributed by atoms with Gasteiger partial charge in [0, 0.05) is 86.5 Å². The zero-order valence-electron chi connectivity index (χ0n) is 59.8. The van der Waals surface area contributed by atoms with Crippen LogP contribution in [0.1, 0.15) is 283 Å². The van der Waals surface area contributed by atoms with Gasteiger partial charge in [-0.3, -0.25) is 4.98 Å². The van der Waals surface area contributed by atoms with Crippen LogP contribution in [-0.4, -0.2) is 86.9 Å². The largest absolute Gasteiger partial charge is 0.481 e. The number of aryl methyl sites for hydroxylation is 3. The van der Waals surface area contributed by atoms with E-state index < -0.39 is 0 Å². The number of pyridine rings is 2. The minimum absolute atomic E-state index is 0.352. The lowest BCUT2D eigenvalue weighted by Crippen LogP contribution is -1.96. The van der Waals surface area contributed by atoms with Gasteiger partial charge in [-0.1, -0.05) is 167 Å². The number of ether oxygens (including phenoxy) is 1. The van der Waals surface area contributed by atoms with Crippen LogP contribution in [-0.2, 0) is 6.42 Å². The van der Waals surface area contributed by atoms with Gasteiger partial charge in [0.2, 0.25) is 5.88 Å². The summed E-state index contributed by atoms with van der Waals surface area (Å²) in [5.74, 6) is 5.59. The van der Waals surface area contributed by atoms with Crippen LogP contribution >= 0.6 is 23.2 Å². The molecular weight excluding hydrogens is 1210 g/mol. The fourth-order valence-electron chi connectivity index (χ4n) is 7.47. The van der Waals surface area contributed by atoms with Crippen molar-refractivity contribution in [2.24, 2.45) is 0 Å². The summed E-state index contributed by atoms with van der Waals surface area (Å²) in [5.41, 5.74) is 14.6. The molecule has 0 saturated heterocycles. The second-order valence-corrected chi connectivity index (χ2v) is 25.6. The summed E-state index contributed by atoms with van der Waals surface area (Å²) >= 11 is 11.3. The molecule has 20 heteroatoms. The van der Waals surface area contributed by atoms with Crippen molar-refractivity contribution < 1.29 is 4.74 Å². The Kier molecular flexibility index (Phi) is 39.3. The van der Waals surface area contributed by atoms with Gasteiger partial charge in [0.15, 0.2) is 0 Å². The van der Waals surface area contributed by atoms with E-state index in [1.807, 2.05) is 88.5 Å². The average molecular weight is 1320 g/mol. The average Bonchev–Trinajstić information content (AvgIpc) is 1.85. The molecule has 0 spiro atoms. The molecule has 0 unspecified atom stereocenters. The predicted molar refractivity (Wildman–Crippen MR) is 382 cm³/mol. The van der Waals surface area contributed by atoms with E-state index in [1.54, 1.807) is 50.6 Å². The fourth-order valence-corrected chi connectivity index (χ4v) is 7.79. The monoisotopic (exact) mass is 1320 g/mol. The molecule has 0 radical (unpaired) electrons. The number of aromatic nitrogens is 16. The van der Waals surface area contributed by atoms with Gasteiger partial charge in [-0.2, -0.15) is 5.26 Å². The molecule has 9 aromatic rings. The van der Waals surface area contributed by atoms with E-state index in [1.165, 1.54) is 43.2 Å². The van der Waals surface area contributed by atoms with Crippen molar-refractivity contribution >= 4 is 23.2 Å². The fraction of sp³-hybridized carbons (Fsp3) is 0.473. The molecule has 10 rings (SSSR count). The van der Waals surface area contributed by atoms with E-state index in [0.717, 1.165) is 75.0 Å². The predicted octanol–water partition coefficient (Wildman–Crippen LogP) is 18.9. The molecule has 0 atom stereocenters.